The Labute approximate surface area is 261 Å². The van der Waals surface area contributed by atoms with E-state index in [-0.39, 0.29) is 12.6 Å². The van der Waals surface area contributed by atoms with Crippen LogP contribution in [0.2, 0.25) is 0 Å². The number of nitrogens with two attached hydrogens (primary N) is 1. The molecule has 1 heterocycles. The molecule has 3 rings (SSSR count). The average Bonchev–Trinajstić information content (AvgIpc) is 3.01. The van der Waals surface area contributed by atoms with Gasteiger partial charge in [-0.1, -0.05) is 6.07 Å². The van der Waals surface area contributed by atoms with Gasteiger partial charge in [0, 0.05) is 38.7 Å². The lowest BCUT2D eigenvalue weighted by atomic mass is 9.83. The minimum Gasteiger partial charge on any atom is -0.481 e. The topological polar surface area (TPSA) is 234 Å². The zero-order valence-corrected chi connectivity index (χ0v) is 25.3. The highest BCUT2D eigenvalue weighted by Crippen LogP contribution is 2.29. The fraction of sp³-hybridized carbons (Fsp3) is 0.367. The minimum absolute atomic E-state index is 0.0606. The van der Waals surface area contributed by atoms with Crippen LogP contribution in [-0.4, -0.2) is 92.1 Å². The van der Waals surface area contributed by atoms with Gasteiger partial charge in [0.25, 0.3) is 17.5 Å². The van der Waals surface area contributed by atoms with E-state index in [2.05, 4.69) is 9.97 Å². The number of Topliss-reactive ketones (excluding diaryl/α,β-unsaturated/α-hetero) is 1. The summed E-state index contributed by atoms with van der Waals surface area (Å²) in [7, 11) is 2.31. The largest absolute Gasteiger partial charge is 0.481 e. The van der Waals surface area contributed by atoms with Crippen molar-refractivity contribution in [2.45, 2.75) is 50.7 Å². The molecule has 15 nitrogen and oxygen atoms in total. The molecular formula is C30H34FN5O10. The molecule has 0 spiro atoms. The first-order chi connectivity index (χ1) is 21.7. The summed E-state index contributed by atoms with van der Waals surface area (Å²) in [5.74, 6) is -8.19. The van der Waals surface area contributed by atoms with E-state index >= 15 is 4.39 Å². The van der Waals surface area contributed by atoms with Gasteiger partial charge in [-0.25, -0.2) is 9.18 Å². The van der Waals surface area contributed by atoms with E-state index in [1.807, 2.05) is 0 Å². The summed E-state index contributed by atoms with van der Waals surface area (Å²) in [5.41, 5.74) is 3.15. The Bertz CT molecular complexity index is 1730. The number of rotatable bonds is 16. The second kappa shape index (κ2) is 14.6. The first kappa shape index (κ1) is 35.1. The maximum atomic E-state index is 15.5. The molecule has 3 aromatic rings. The lowest BCUT2D eigenvalue weighted by molar-refractivity contribution is -0.156. The molecule has 46 heavy (non-hydrogen) atoms. The van der Waals surface area contributed by atoms with Gasteiger partial charge in [-0.3, -0.25) is 29.0 Å². The number of nitrogens with zero attached hydrogens (tertiary/aromatic N) is 3. The number of fused-ring (bicyclic) bond motifs is 1. The number of ketones is 1. The van der Waals surface area contributed by atoms with Gasteiger partial charge in [-0.15, -0.1) is 0 Å². The maximum Gasteiger partial charge on any atom is 0.337 e. The van der Waals surface area contributed by atoms with Crippen LogP contribution >= 0.6 is 0 Å². The average molecular weight is 644 g/mol. The molecule has 0 radical (unpaired) electrons. The van der Waals surface area contributed by atoms with Gasteiger partial charge < -0.3 is 35.6 Å². The zero-order chi connectivity index (χ0) is 34.3. The fourth-order valence-electron chi connectivity index (χ4n) is 4.96. The number of aromatic nitrogens is 2. The van der Waals surface area contributed by atoms with E-state index in [0.29, 0.717) is 33.6 Å². The predicted octanol–water partition coefficient (Wildman–Crippen LogP) is 1.62. The first-order valence-corrected chi connectivity index (χ1v) is 14.0. The molecule has 6 N–H and O–H groups in total. The van der Waals surface area contributed by atoms with Crippen LogP contribution < -0.4 is 20.9 Å². The lowest BCUT2D eigenvalue weighted by Crippen LogP contribution is -2.61. The Morgan fingerprint density at radius 1 is 1.09 bits per heavy atom. The van der Waals surface area contributed by atoms with Crippen LogP contribution in [-0.2, 0) is 25.7 Å². The minimum atomic E-state index is -2.75. The van der Waals surface area contributed by atoms with E-state index in [1.54, 1.807) is 30.0 Å². The third kappa shape index (κ3) is 7.46. The Morgan fingerprint density at radius 3 is 2.35 bits per heavy atom. The van der Waals surface area contributed by atoms with E-state index in [4.69, 9.17) is 15.6 Å². The monoisotopic (exact) mass is 643 g/mol. The molecule has 0 fully saturated rings. The number of aliphatic carboxylic acids is 3. The molecule has 0 aliphatic heterocycles. The lowest BCUT2D eigenvalue weighted by Gasteiger charge is -2.37. The number of methoxy groups -OCH3 is 1. The van der Waals surface area contributed by atoms with Crippen LogP contribution in [0.15, 0.2) is 41.2 Å². The van der Waals surface area contributed by atoms with E-state index in [1.165, 1.54) is 13.2 Å². The molecule has 0 unspecified atom stereocenters. The normalized spacial score (nSPS) is 13.0. The molecule has 0 saturated carbocycles. The Hall–Kier alpha value is -5.38. The number of aromatic amines is 1. The number of anilines is 1. The van der Waals surface area contributed by atoms with Crippen molar-refractivity contribution < 1.29 is 48.4 Å². The summed E-state index contributed by atoms with van der Waals surface area (Å²) < 4.78 is 20.5. The van der Waals surface area contributed by atoms with Crippen LogP contribution in [0.5, 0.6) is 6.01 Å². The Balaban J connectivity index is 1.92. The smallest absolute Gasteiger partial charge is 0.337 e. The molecule has 0 aliphatic carbocycles. The number of carboxylic acid groups (broad SMARTS) is 3. The van der Waals surface area contributed by atoms with Gasteiger partial charge >= 0.3 is 17.9 Å². The number of halogens is 1. The summed E-state index contributed by atoms with van der Waals surface area (Å²) in [6, 6.07) is 7.15. The zero-order valence-electron chi connectivity index (χ0n) is 25.3. The summed E-state index contributed by atoms with van der Waals surface area (Å²) in [4.78, 5) is 83.1. The van der Waals surface area contributed by atoms with E-state index < -0.39 is 83.8 Å². The van der Waals surface area contributed by atoms with Gasteiger partial charge in [-0.05, 0) is 55.7 Å². The number of H-pyrrole nitrogens is 1. The number of benzene rings is 2. The highest BCUT2D eigenvalue weighted by Gasteiger charge is 2.51. The second-order valence-corrected chi connectivity index (χ2v) is 10.4. The summed E-state index contributed by atoms with van der Waals surface area (Å²) in [5, 5.41) is 28.7. The van der Waals surface area contributed by atoms with Crippen molar-refractivity contribution >= 4 is 46.2 Å². The summed E-state index contributed by atoms with van der Waals surface area (Å²) in [6.45, 7) is 2.41. The number of hydrogen-bond donors (Lipinski definition) is 5. The number of carbonyl (C=O) groups excluding carboxylic acids is 2. The van der Waals surface area contributed by atoms with Crippen molar-refractivity contribution in [1.82, 2.24) is 14.9 Å². The Morgan fingerprint density at radius 2 is 1.78 bits per heavy atom. The number of carboxylic acids is 3. The van der Waals surface area contributed by atoms with Crippen molar-refractivity contribution in [1.29, 1.82) is 0 Å². The van der Waals surface area contributed by atoms with Crippen molar-refractivity contribution in [2.24, 2.45) is 5.73 Å². The molecule has 1 amide bonds. The highest BCUT2D eigenvalue weighted by atomic mass is 19.1. The Kier molecular flexibility index (Phi) is 11.1. The molecule has 1 aromatic heterocycles. The first-order valence-electron chi connectivity index (χ1n) is 14.0. The quantitative estimate of drug-likeness (QED) is 0.140. The van der Waals surface area contributed by atoms with Crippen molar-refractivity contribution in [3.63, 3.8) is 0 Å². The second-order valence-electron chi connectivity index (χ2n) is 10.4. The maximum absolute atomic E-state index is 15.5. The summed E-state index contributed by atoms with van der Waals surface area (Å²) in [6.07, 6.45) is -2.88. The number of nitrogens with one attached hydrogen (secondary N) is 1. The van der Waals surface area contributed by atoms with Crippen molar-refractivity contribution in [2.75, 3.05) is 25.6 Å². The van der Waals surface area contributed by atoms with Gasteiger partial charge in [0.15, 0.2) is 11.3 Å². The molecular weight excluding hydrogens is 609 g/mol. The van der Waals surface area contributed by atoms with Gasteiger partial charge in [0.2, 0.25) is 0 Å². The summed E-state index contributed by atoms with van der Waals surface area (Å²) >= 11 is 0. The van der Waals surface area contributed by atoms with Gasteiger partial charge in [-0.2, -0.15) is 4.98 Å². The number of ether oxygens (including phenoxy) is 1. The fourth-order valence-corrected chi connectivity index (χ4v) is 4.96. The number of carbonyl (C=O) groups is 5. The standard InChI is InChI=1S/C30H34FN5O10/c1-4-36(15-16-5-9-22-19(13-16)25(40)34-29(33-22)46-3)17-6-7-18(20(31)14-17)26(41)35(2)30(28(44)45,12-11-24(38)39)23(37)10-8-21(32)27(42)43/h5-7,9,13-14,21H,4,8,10-12,15,32H2,1-3H3,(H,38,39)(H,42,43)(H,44,45)(H,33,34,40)/t21-,30+/m0/s1. The molecule has 2 aromatic carbocycles. The molecule has 2 atom stereocenters. The molecule has 0 bridgehead atoms. The van der Waals surface area contributed by atoms with Gasteiger partial charge in [0.05, 0.1) is 23.6 Å². The molecule has 246 valence electrons. The number of likely N-dealkylation sites (N-methyl/N-ethyl adjacent to an activating group) is 1. The van der Waals surface area contributed by atoms with Crippen LogP contribution in [0.4, 0.5) is 10.1 Å². The van der Waals surface area contributed by atoms with Crippen molar-refractivity contribution in [3.05, 3.63) is 63.7 Å². The van der Waals surface area contributed by atoms with Crippen LogP contribution in [0.1, 0.15) is 48.5 Å². The predicted molar refractivity (Wildman–Crippen MR) is 161 cm³/mol. The molecule has 0 aliphatic rings. The van der Waals surface area contributed by atoms with Crippen LogP contribution in [0.3, 0.4) is 0 Å². The molecule has 16 heteroatoms. The van der Waals surface area contributed by atoms with Crippen LogP contribution in [0.25, 0.3) is 10.9 Å². The van der Waals surface area contributed by atoms with Crippen LogP contribution in [0, 0.1) is 5.82 Å². The third-order valence-electron chi connectivity index (χ3n) is 7.64. The molecule has 0 saturated heterocycles. The van der Waals surface area contributed by atoms with Crippen molar-refractivity contribution in [3.8, 4) is 6.01 Å². The number of amides is 1. The third-order valence-corrected chi connectivity index (χ3v) is 7.64. The highest BCUT2D eigenvalue weighted by molar-refractivity contribution is 6.12. The van der Waals surface area contributed by atoms with E-state index in [9.17, 15) is 39.0 Å². The SMILES string of the molecule is CCN(Cc1ccc2nc(OC)[nH]c(=O)c2c1)c1ccc(C(=O)N(C)[C@@](CCC(=O)O)(C(=O)O)C(=O)CC[C@H](N)C(=O)O)c(F)c1. The van der Waals surface area contributed by atoms with Gasteiger partial charge in [0.1, 0.15) is 11.9 Å². The van der Waals surface area contributed by atoms with E-state index in [0.717, 1.165) is 19.2 Å². The number of hydrogen-bond acceptors (Lipinski definition) is 10.